The van der Waals surface area contributed by atoms with Gasteiger partial charge in [-0.05, 0) is 12.8 Å². The summed E-state index contributed by atoms with van der Waals surface area (Å²) in [5.41, 5.74) is 0. The van der Waals surface area contributed by atoms with Gasteiger partial charge in [0, 0.05) is 0 Å². The van der Waals surface area contributed by atoms with Gasteiger partial charge in [0.05, 0.1) is 25.4 Å². The third-order valence-corrected chi connectivity index (χ3v) is 6.29. The number of unbranched alkanes of at least 4 members (excludes halogenated alkanes) is 11. The van der Waals surface area contributed by atoms with Crippen molar-refractivity contribution in [2.24, 2.45) is 0 Å². The summed E-state index contributed by atoms with van der Waals surface area (Å²) in [6.07, 6.45) is 10.8. The number of rotatable bonds is 20. The predicted octanol–water partition coefficient (Wildman–Crippen LogP) is 1.54. The van der Waals surface area contributed by atoms with Crippen molar-refractivity contribution in [1.29, 1.82) is 0 Å². The number of allylic oxidation sites excluding steroid dienone is 1. The van der Waals surface area contributed by atoms with Crippen LogP contribution in [0.3, 0.4) is 0 Å². The zero-order valence-corrected chi connectivity index (χ0v) is 20.6. The Balaban J connectivity index is 2.25. The van der Waals surface area contributed by atoms with Gasteiger partial charge in [-0.2, -0.15) is 0 Å². The smallest absolute Gasteiger partial charge is 0.207 e. The van der Waals surface area contributed by atoms with E-state index < -0.39 is 49.5 Å². The molecule has 1 aliphatic rings. The van der Waals surface area contributed by atoms with Crippen LogP contribution in [-0.4, -0.2) is 88.0 Å². The first-order valence-electron chi connectivity index (χ1n) is 12.9. The van der Waals surface area contributed by atoms with Crippen LogP contribution in [0.1, 0.15) is 84.0 Å². The number of carbonyl (C=O) groups is 1. The lowest BCUT2D eigenvalue weighted by atomic mass is 9.99. The summed E-state index contributed by atoms with van der Waals surface area (Å²) >= 11 is 0. The average Bonchev–Trinajstić information content (AvgIpc) is 2.84. The number of nitrogens with one attached hydrogen (secondary N) is 1. The van der Waals surface area contributed by atoms with Gasteiger partial charge in [0.2, 0.25) is 6.41 Å². The summed E-state index contributed by atoms with van der Waals surface area (Å²) < 4.78 is 10.7. The molecule has 6 N–H and O–H groups in total. The van der Waals surface area contributed by atoms with Crippen LogP contribution in [0, 0.1) is 0 Å². The highest BCUT2D eigenvalue weighted by molar-refractivity contribution is 5.47. The van der Waals surface area contributed by atoms with Gasteiger partial charge < -0.3 is 40.3 Å². The number of aliphatic hydroxyl groups excluding tert-OH is 5. The molecule has 34 heavy (non-hydrogen) atoms. The van der Waals surface area contributed by atoms with Gasteiger partial charge in [-0.1, -0.05) is 83.3 Å². The Morgan fingerprint density at radius 1 is 0.912 bits per heavy atom. The number of ether oxygens (including phenoxy) is 2. The van der Waals surface area contributed by atoms with E-state index >= 15 is 0 Å². The van der Waals surface area contributed by atoms with E-state index in [1.807, 2.05) is 6.08 Å². The third-order valence-electron chi connectivity index (χ3n) is 6.29. The SMILES string of the molecule is CCCCCCCCCCCCC/C=C/[C@@H](O)[C@H](CO[C@@H]1O[C@H](CO)[C@@H](O)[C@H](O)[C@H]1O)NC=O. The quantitative estimate of drug-likeness (QED) is 0.0857. The highest BCUT2D eigenvalue weighted by Gasteiger charge is 2.44. The molecule has 1 amide bonds. The van der Waals surface area contributed by atoms with Crippen LogP contribution in [0.25, 0.3) is 0 Å². The van der Waals surface area contributed by atoms with Crippen LogP contribution in [-0.2, 0) is 14.3 Å². The Morgan fingerprint density at radius 2 is 1.50 bits per heavy atom. The lowest BCUT2D eigenvalue weighted by Crippen LogP contribution is -2.59. The van der Waals surface area contributed by atoms with E-state index in [9.17, 15) is 30.3 Å². The molecule has 0 aromatic carbocycles. The zero-order valence-electron chi connectivity index (χ0n) is 20.6. The Labute approximate surface area is 204 Å². The van der Waals surface area contributed by atoms with Crippen molar-refractivity contribution >= 4 is 6.41 Å². The first-order chi connectivity index (χ1) is 16.5. The maximum absolute atomic E-state index is 10.9. The van der Waals surface area contributed by atoms with Gasteiger partial charge in [0.15, 0.2) is 6.29 Å². The third kappa shape index (κ3) is 12.1. The maximum atomic E-state index is 10.9. The summed E-state index contributed by atoms with van der Waals surface area (Å²) in [6.45, 7) is 1.47. The lowest BCUT2D eigenvalue weighted by Gasteiger charge is -2.40. The Kier molecular flexibility index (Phi) is 17.4. The first-order valence-corrected chi connectivity index (χ1v) is 12.9. The molecular formula is C25H47NO8. The van der Waals surface area contributed by atoms with E-state index in [0.29, 0.717) is 6.41 Å². The minimum atomic E-state index is -1.55. The highest BCUT2D eigenvalue weighted by Crippen LogP contribution is 2.22. The Morgan fingerprint density at radius 3 is 2.06 bits per heavy atom. The van der Waals surface area contributed by atoms with E-state index in [2.05, 4.69) is 12.2 Å². The fourth-order valence-electron chi connectivity index (χ4n) is 4.03. The van der Waals surface area contributed by atoms with E-state index in [1.165, 1.54) is 57.8 Å². The molecule has 0 aromatic rings. The summed E-state index contributed by atoms with van der Waals surface area (Å²) in [7, 11) is 0. The Bertz CT molecular complexity index is 533. The van der Waals surface area contributed by atoms with E-state index in [4.69, 9.17) is 9.47 Å². The monoisotopic (exact) mass is 489 g/mol. The van der Waals surface area contributed by atoms with Gasteiger partial charge in [-0.15, -0.1) is 0 Å². The fraction of sp³-hybridized carbons (Fsp3) is 0.880. The summed E-state index contributed by atoms with van der Waals surface area (Å²) in [5.74, 6) is 0. The molecule has 200 valence electrons. The van der Waals surface area contributed by atoms with Crippen molar-refractivity contribution in [1.82, 2.24) is 5.32 Å². The van der Waals surface area contributed by atoms with Gasteiger partial charge in [0.1, 0.15) is 24.4 Å². The van der Waals surface area contributed by atoms with Crippen molar-refractivity contribution < 1.29 is 39.8 Å². The highest BCUT2D eigenvalue weighted by atomic mass is 16.7. The van der Waals surface area contributed by atoms with Crippen LogP contribution >= 0.6 is 0 Å². The predicted molar refractivity (Wildman–Crippen MR) is 129 cm³/mol. The van der Waals surface area contributed by atoms with Gasteiger partial charge >= 0.3 is 0 Å². The molecule has 1 fully saturated rings. The van der Waals surface area contributed by atoms with E-state index in [1.54, 1.807) is 6.08 Å². The van der Waals surface area contributed by atoms with Crippen LogP contribution in [0.2, 0.25) is 0 Å². The van der Waals surface area contributed by atoms with Crippen LogP contribution in [0.5, 0.6) is 0 Å². The second kappa shape index (κ2) is 19.2. The molecule has 0 aliphatic carbocycles. The molecule has 1 aliphatic heterocycles. The summed E-state index contributed by atoms with van der Waals surface area (Å²) in [5, 5.41) is 51.8. The molecule has 1 rings (SSSR count). The molecule has 0 unspecified atom stereocenters. The van der Waals surface area contributed by atoms with Crippen molar-refractivity contribution in [3.05, 3.63) is 12.2 Å². The average molecular weight is 490 g/mol. The number of hydrogen-bond acceptors (Lipinski definition) is 8. The van der Waals surface area contributed by atoms with Gasteiger partial charge in [-0.3, -0.25) is 4.79 Å². The molecule has 9 heteroatoms. The van der Waals surface area contributed by atoms with Crippen molar-refractivity contribution in [3.8, 4) is 0 Å². The standard InChI is InChI=1S/C25H47NO8/c1-2-3-4-5-6-7-8-9-10-11-12-13-14-15-20(29)19(26-18-28)17-33-25-24(32)23(31)22(30)21(16-27)34-25/h14-15,18-25,27,29-32H,2-13,16-17H2,1H3,(H,26,28)/b15-14+/t19-,20+,21+,22+,23-,24+,25+/m0/s1. The van der Waals surface area contributed by atoms with Gasteiger partial charge in [-0.25, -0.2) is 0 Å². The van der Waals surface area contributed by atoms with E-state index in [0.717, 1.165) is 19.3 Å². The van der Waals surface area contributed by atoms with Crippen molar-refractivity contribution in [2.75, 3.05) is 13.2 Å². The van der Waals surface area contributed by atoms with Crippen molar-refractivity contribution in [3.63, 3.8) is 0 Å². The molecule has 7 atom stereocenters. The maximum Gasteiger partial charge on any atom is 0.207 e. The normalized spacial score (nSPS) is 27.1. The molecule has 0 bridgehead atoms. The topological polar surface area (TPSA) is 149 Å². The largest absolute Gasteiger partial charge is 0.394 e. The van der Waals surface area contributed by atoms with Gasteiger partial charge in [0.25, 0.3) is 0 Å². The first kappa shape index (κ1) is 31.0. The van der Waals surface area contributed by atoms with Crippen molar-refractivity contribution in [2.45, 2.75) is 127 Å². The number of carbonyl (C=O) groups excluding carboxylic acids is 1. The van der Waals surface area contributed by atoms with E-state index in [-0.39, 0.29) is 6.61 Å². The molecule has 0 saturated carbocycles. The van der Waals surface area contributed by atoms with Crippen LogP contribution in [0.15, 0.2) is 12.2 Å². The molecule has 1 saturated heterocycles. The summed E-state index contributed by atoms with van der Waals surface area (Å²) in [4.78, 5) is 10.9. The molecule has 0 spiro atoms. The molecular weight excluding hydrogens is 442 g/mol. The van der Waals surface area contributed by atoms with Crippen LogP contribution in [0.4, 0.5) is 0 Å². The molecule has 1 heterocycles. The number of hydrogen-bond donors (Lipinski definition) is 6. The zero-order chi connectivity index (χ0) is 25.2. The molecule has 9 nitrogen and oxygen atoms in total. The number of aliphatic hydroxyl groups is 5. The summed E-state index contributed by atoms with van der Waals surface area (Å²) in [6, 6.07) is -0.793. The Hall–Kier alpha value is -1.07. The second-order valence-electron chi connectivity index (χ2n) is 9.16. The second-order valence-corrected chi connectivity index (χ2v) is 9.16. The minimum Gasteiger partial charge on any atom is -0.394 e. The fourth-order valence-corrected chi connectivity index (χ4v) is 4.03. The number of amides is 1. The molecule has 0 radical (unpaired) electrons. The minimum absolute atomic E-state index is 0.203. The molecule has 0 aromatic heterocycles. The lowest BCUT2D eigenvalue weighted by molar-refractivity contribution is -0.302. The van der Waals surface area contributed by atoms with Crippen LogP contribution < -0.4 is 5.32 Å².